The van der Waals surface area contributed by atoms with Gasteiger partial charge in [0.1, 0.15) is 11.9 Å². The predicted octanol–water partition coefficient (Wildman–Crippen LogP) is 7.68. The van der Waals surface area contributed by atoms with Gasteiger partial charge in [-0.05, 0) is 68.2 Å². The van der Waals surface area contributed by atoms with Gasteiger partial charge in [-0.25, -0.2) is 4.99 Å². The molecular weight excluding hydrogens is 468 g/mol. The van der Waals surface area contributed by atoms with Crippen molar-refractivity contribution in [1.29, 1.82) is 0 Å². The average Bonchev–Trinajstić information content (AvgIpc) is 3.13. The van der Waals surface area contributed by atoms with E-state index in [0.717, 1.165) is 56.0 Å². The van der Waals surface area contributed by atoms with Crippen LogP contribution in [0.25, 0.3) is 0 Å². The monoisotopic (exact) mass is 510 g/mol. The number of rotatable bonds is 5. The second-order valence-electron chi connectivity index (χ2n) is 11.0. The zero-order valence-electron chi connectivity index (χ0n) is 23.6. The molecule has 200 valence electrons. The molecule has 2 aliphatic carbocycles. The Kier molecular flexibility index (Phi) is 8.06. The molecule has 38 heavy (non-hydrogen) atoms. The second-order valence-corrected chi connectivity index (χ2v) is 11.0. The molecule has 0 saturated carbocycles. The van der Waals surface area contributed by atoms with Crippen molar-refractivity contribution in [2.75, 3.05) is 20.2 Å². The lowest BCUT2D eigenvalue weighted by atomic mass is 9.78. The summed E-state index contributed by atoms with van der Waals surface area (Å²) in [5.41, 5.74) is 8.14. The maximum absolute atomic E-state index is 6.67. The van der Waals surface area contributed by atoms with Crippen LogP contribution in [-0.4, -0.2) is 37.1 Å². The van der Waals surface area contributed by atoms with E-state index in [-0.39, 0.29) is 12.0 Å². The number of benzene rings is 1. The van der Waals surface area contributed by atoms with Crippen molar-refractivity contribution in [2.45, 2.75) is 65.4 Å². The van der Waals surface area contributed by atoms with Gasteiger partial charge in [-0.15, -0.1) is 0 Å². The number of methoxy groups -OCH3 is 1. The number of para-hydroxylation sites is 1. The minimum absolute atomic E-state index is 0.0321. The van der Waals surface area contributed by atoms with E-state index in [1.807, 2.05) is 6.20 Å². The highest BCUT2D eigenvalue weighted by atomic mass is 16.5. The summed E-state index contributed by atoms with van der Waals surface area (Å²) >= 11 is 0. The Bertz CT molecular complexity index is 1250. The molecule has 1 aromatic rings. The van der Waals surface area contributed by atoms with Crippen molar-refractivity contribution < 1.29 is 9.47 Å². The number of hydrogen-bond donors (Lipinski definition) is 0. The topological polar surface area (TPSA) is 34.1 Å². The summed E-state index contributed by atoms with van der Waals surface area (Å²) in [4.78, 5) is 7.34. The van der Waals surface area contributed by atoms with Gasteiger partial charge in [0.15, 0.2) is 5.90 Å². The van der Waals surface area contributed by atoms with Gasteiger partial charge < -0.3 is 14.4 Å². The zero-order chi connectivity index (χ0) is 26.6. The Morgan fingerprint density at radius 3 is 2.74 bits per heavy atom. The van der Waals surface area contributed by atoms with Crippen molar-refractivity contribution in [3.05, 3.63) is 100 Å². The van der Waals surface area contributed by atoms with E-state index in [0.29, 0.717) is 11.8 Å². The molecule has 1 aromatic carbocycles. The SMILES string of the molecule is C/C=C1\C=CN=C(OC2CN(C3=CC(C)C4C=CC=CC4=C(C)CC3)C2)C(c2cccc(CC)c2OC)C1. The fraction of sp³-hybridized carbons (Fsp3) is 0.441. The maximum atomic E-state index is 6.67. The Morgan fingerprint density at radius 2 is 1.97 bits per heavy atom. The van der Waals surface area contributed by atoms with E-state index in [2.05, 4.69) is 93.3 Å². The van der Waals surface area contributed by atoms with E-state index in [1.54, 1.807) is 7.11 Å². The normalized spacial score (nSPS) is 26.7. The van der Waals surface area contributed by atoms with Crippen molar-refractivity contribution in [1.82, 2.24) is 4.90 Å². The first kappa shape index (κ1) is 26.3. The number of fused-ring (bicyclic) bond motifs is 1. The first-order chi connectivity index (χ1) is 18.5. The molecule has 0 radical (unpaired) electrons. The Balaban J connectivity index is 1.31. The molecule has 1 fully saturated rings. The first-order valence-electron chi connectivity index (χ1n) is 14.2. The van der Waals surface area contributed by atoms with Crippen LogP contribution in [0.5, 0.6) is 5.75 Å². The van der Waals surface area contributed by atoms with Crippen molar-refractivity contribution in [2.24, 2.45) is 16.8 Å². The number of ether oxygens (including phenoxy) is 2. The summed E-state index contributed by atoms with van der Waals surface area (Å²) in [5, 5.41) is 0. The third kappa shape index (κ3) is 5.32. The van der Waals surface area contributed by atoms with E-state index < -0.39 is 0 Å². The largest absolute Gasteiger partial charge is 0.496 e. The van der Waals surface area contributed by atoms with Gasteiger partial charge >= 0.3 is 0 Å². The van der Waals surface area contributed by atoms with Gasteiger partial charge in [0.2, 0.25) is 0 Å². The molecule has 3 atom stereocenters. The Morgan fingerprint density at radius 1 is 1.13 bits per heavy atom. The highest BCUT2D eigenvalue weighted by molar-refractivity contribution is 5.86. The molecule has 0 spiro atoms. The summed E-state index contributed by atoms with van der Waals surface area (Å²) in [6.45, 7) is 10.7. The van der Waals surface area contributed by atoms with Crippen LogP contribution in [0.2, 0.25) is 0 Å². The summed E-state index contributed by atoms with van der Waals surface area (Å²) in [6, 6.07) is 6.46. The summed E-state index contributed by atoms with van der Waals surface area (Å²) in [7, 11) is 1.77. The number of nitrogens with zero attached hydrogens (tertiary/aromatic N) is 2. The summed E-state index contributed by atoms with van der Waals surface area (Å²) in [5.74, 6) is 2.76. The van der Waals surface area contributed by atoms with Crippen LogP contribution in [0, 0.1) is 11.8 Å². The quantitative estimate of drug-likeness (QED) is 0.407. The molecule has 4 aliphatic rings. The number of likely N-dealkylation sites (tertiary alicyclic amines) is 1. The highest BCUT2D eigenvalue weighted by Crippen LogP contribution is 2.39. The van der Waals surface area contributed by atoms with Crippen LogP contribution in [0.3, 0.4) is 0 Å². The third-order valence-corrected chi connectivity index (χ3v) is 8.56. The van der Waals surface area contributed by atoms with E-state index in [1.165, 1.54) is 28.0 Å². The minimum Gasteiger partial charge on any atom is -0.496 e. The second kappa shape index (κ2) is 11.6. The van der Waals surface area contributed by atoms with E-state index in [9.17, 15) is 0 Å². The van der Waals surface area contributed by atoms with Crippen molar-refractivity contribution >= 4 is 5.90 Å². The van der Waals surface area contributed by atoms with Gasteiger partial charge in [0.05, 0.1) is 26.1 Å². The maximum Gasteiger partial charge on any atom is 0.196 e. The third-order valence-electron chi connectivity index (χ3n) is 8.56. The van der Waals surface area contributed by atoms with Gasteiger partial charge in [-0.1, -0.05) is 74.1 Å². The van der Waals surface area contributed by atoms with E-state index >= 15 is 0 Å². The molecule has 5 rings (SSSR count). The molecule has 3 unspecified atom stereocenters. The average molecular weight is 511 g/mol. The smallest absolute Gasteiger partial charge is 0.196 e. The lowest BCUT2D eigenvalue weighted by molar-refractivity contribution is 0.0288. The fourth-order valence-electron chi connectivity index (χ4n) is 6.24. The minimum atomic E-state index is 0.0321. The molecule has 2 aliphatic heterocycles. The molecular formula is C34H42N2O2. The molecule has 0 bridgehead atoms. The van der Waals surface area contributed by atoms with Gasteiger partial charge in [-0.3, -0.25) is 0 Å². The van der Waals surface area contributed by atoms with Crippen LogP contribution in [0.15, 0.2) is 94.3 Å². The lowest BCUT2D eigenvalue weighted by Crippen LogP contribution is -2.52. The van der Waals surface area contributed by atoms with Gasteiger partial charge in [0.25, 0.3) is 0 Å². The van der Waals surface area contributed by atoms with Crippen LogP contribution in [0.4, 0.5) is 0 Å². The standard InChI is InChI=1S/C34H42N2O2/c1-6-25-17-18-35-34(32(20-25)31-14-10-11-26(7-2)33(31)37-5)38-28-21-36(22-28)27-16-15-23(3)29-12-8-9-13-30(29)24(4)19-27/h6,8-14,17-19,24,28,30,32H,7,15-16,20-22H2,1-5H3/b25-6+,27-19?,29-23?. The predicted molar refractivity (Wildman–Crippen MR) is 157 cm³/mol. The number of aliphatic imine (C=N–C) groups is 1. The van der Waals surface area contributed by atoms with Gasteiger partial charge in [0, 0.05) is 23.4 Å². The van der Waals surface area contributed by atoms with Crippen LogP contribution in [-0.2, 0) is 11.2 Å². The summed E-state index contributed by atoms with van der Waals surface area (Å²) in [6.07, 6.45) is 21.9. The zero-order valence-corrected chi connectivity index (χ0v) is 23.6. The highest BCUT2D eigenvalue weighted by Gasteiger charge is 2.35. The van der Waals surface area contributed by atoms with Crippen molar-refractivity contribution in [3.63, 3.8) is 0 Å². The first-order valence-corrected chi connectivity index (χ1v) is 14.2. The molecule has 0 amide bonds. The van der Waals surface area contributed by atoms with Crippen LogP contribution >= 0.6 is 0 Å². The number of allylic oxidation sites excluding steroid dienone is 11. The van der Waals surface area contributed by atoms with Crippen molar-refractivity contribution in [3.8, 4) is 5.75 Å². The molecule has 0 N–H and O–H groups in total. The molecule has 2 heterocycles. The number of aryl methyl sites for hydroxylation is 1. The molecule has 0 aromatic heterocycles. The molecule has 4 nitrogen and oxygen atoms in total. The summed E-state index contributed by atoms with van der Waals surface area (Å²) < 4.78 is 12.6. The van der Waals surface area contributed by atoms with Gasteiger partial charge in [-0.2, -0.15) is 0 Å². The molecule has 1 saturated heterocycles. The molecule has 4 heteroatoms. The van der Waals surface area contributed by atoms with E-state index in [4.69, 9.17) is 14.5 Å². The van der Waals surface area contributed by atoms with Crippen LogP contribution in [0.1, 0.15) is 64.0 Å². The Hall–Kier alpha value is -3.27. The number of hydrogen-bond acceptors (Lipinski definition) is 4. The lowest BCUT2D eigenvalue weighted by Gasteiger charge is -2.44. The fourth-order valence-corrected chi connectivity index (χ4v) is 6.24. The Labute approximate surface area is 228 Å². The van der Waals surface area contributed by atoms with Crippen LogP contribution < -0.4 is 4.74 Å².